The Labute approximate surface area is 159 Å². The van der Waals surface area contributed by atoms with Crippen LogP contribution < -0.4 is 5.32 Å². The number of nitrogens with one attached hydrogen (secondary N) is 1. The molecule has 1 aromatic heterocycles. The summed E-state index contributed by atoms with van der Waals surface area (Å²) in [6.07, 6.45) is 2.66. The summed E-state index contributed by atoms with van der Waals surface area (Å²) in [5.41, 5.74) is 1.43. The van der Waals surface area contributed by atoms with Gasteiger partial charge in [-0.25, -0.2) is 0 Å². The van der Waals surface area contributed by atoms with Crippen LogP contribution in [-0.4, -0.2) is 54.5 Å². The second-order valence-corrected chi connectivity index (χ2v) is 8.76. The Balaban J connectivity index is 1.45. The number of amides is 1. The van der Waals surface area contributed by atoms with Crippen LogP contribution in [0.3, 0.4) is 0 Å². The number of carbonyl (C=O) groups is 1. The Hall–Kier alpha value is -1.69. The maximum absolute atomic E-state index is 11.8. The fourth-order valence-electron chi connectivity index (χ4n) is 4.25. The molecule has 2 fully saturated rings. The predicted molar refractivity (Wildman–Crippen MR) is 107 cm³/mol. The first-order valence-electron chi connectivity index (χ1n) is 9.49. The molecule has 4 nitrogen and oxygen atoms in total. The van der Waals surface area contributed by atoms with E-state index in [9.17, 15) is 4.79 Å². The Bertz CT molecular complexity index is 760. The Kier molecular flexibility index (Phi) is 5.11. The number of hydrogen-bond acceptors (Lipinski definition) is 4. The summed E-state index contributed by atoms with van der Waals surface area (Å²) in [5.74, 6) is 0.207. The van der Waals surface area contributed by atoms with E-state index in [1.54, 1.807) is 0 Å². The molecule has 2 aliphatic rings. The van der Waals surface area contributed by atoms with Gasteiger partial charge in [-0.15, -0.1) is 11.3 Å². The maximum Gasteiger partial charge on any atom is 0.220 e. The van der Waals surface area contributed by atoms with E-state index in [0.29, 0.717) is 6.42 Å². The highest BCUT2D eigenvalue weighted by atomic mass is 32.1. The Morgan fingerprint density at radius 2 is 1.96 bits per heavy atom. The molecular weight excluding hydrogens is 342 g/mol. The van der Waals surface area contributed by atoms with E-state index in [1.807, 2.05) is 11.3 Å². The van der Waals surface area contributed by atoms with Gasteiger partial charge < -0.3 is 5.32 Å². The molecular formula is C21H27N3OS. The van der Waals surface area contributed by atoms with E-state index in [1.165, 1.54) is 15.3 Å². The van der Waals surface area contributed by atoms with Gasteiger partial charge in [0.2, 0.25) is 5.91 Å². The number of hydrogen-bond donors (Lipinski definition) is 1. The number of piperazine rings is 1. The van der Waals surface area contributed by atoms with Gasteiger partial charge in [-0.05, 0) is 37.6 Å². The van der Waals surface area contributed by atoms with Crippen molar-refractivity contribution in [3.63, 3.8) is 0 Å². The van der Waals surface area contributed by atoms with Gasteiger partial charge >= 0.3 is 0 Å². The third-order valence-electron chi connectivity index (χ3n) is 5.91. The van der Waals surface area contributed by atoms with Crippen LogP contribution >= 0.6 is 11.3 Å². The lowest BCUT2D eigenvalue weighted by Gasteiger charge is -2.49. The molecule has 0 aliphatic carbocycles. The van der Waals surface area contributed by atoms with E-state index >= 15 is 0 Å². The number of benzene rings is 1. The van der Waals surface area contributed by atoms with Crippen LogP contribution in [0.25, 0.3) is 10.4 Å². The van der Waals surface area contributed by atoms with Crippen LogP contribution in [0, 0.1) is 0 Å². The molecule has 0 unspecified atom stereocenters. The van der Waals surface area contributed by atoms with Crippen LogP contribution in [0.4, 0.5) is 0 Å². The first-order valence-corrected chi connectivity index (χ1v) is 10.3. The number of likely N-dealkylation sites (N-methyl/N-ethyl adjacent to an activating group) is 1. The first-order chi connectivity index (χ1) is 12.6. The zero-order chi connectivity index (χ0) is 18.0. The molecule has 1 spiro atoms. The van der Waals surface area contributed by atoms with Crippen molar-refractivity contribution in [2.45, 2.75) is 31.3 Å². The summed E-state index contributed by atoms with van der Waals surface area (Å²) in [5, 5.41) is 3.04. The number of nitrogens with zero attached hydrogens (tertiary/aromatic N) is 2. The van der Waals surface area contributed by atoms with E-state index in [0.717, 1.165) is 45.6 Å². The molecule has 2 aromatic rings. The smallest absolute Gasteiger partial charge is 0.220 e. The van der Waals surface area contributed by atoms with Gasteiger partial charge in [-0.3, -0.25) is 14.6 Å². The fraction of sp³-hybridized carbons (Fsp3) is 0.476. The van der Waals surface area contributed by atoms with Crippen molar-refractivity contribution in [3.05, 3.63) is 47.3 Å². The average molecular weight is 370 g/mol. The van der Waals surface area contributed by atoms with Gasteiger partial charge in [-0.2, -0.15) is 0 Å². The lowest BCUT2D eigenvalue weighted by atomic mass is 9.86. The summed E-state index contributed by atoms with van der Waals surface area (Å²) in [4.78, 5) is 19.6. The number of thiophene rings is 1. The molecule has 138 valence electrons. The summed E-state index contributed by atoms with van der Waals surface area (Å²) in [7, 11) is 2.23. The summed E-state index contributed by atoms with van der Waals surface area (Å²) in [6, 6.07) is 15.1. The normalized spacial score (nSPS) is 25.2. The van der Waals surface area contributed by atoms with E-state index in [4.69, 9.17) is 0 Å². The maximum atomic E-state index is 11.8. The van der Waals surface area contributed by atoms with E-state index < -0.39 is 0 Å². The molecule has 1 N–H and O–H groups in total. The SMILES string of the molecule is CN1CCN(Cc2ccc(-c3ccccc3)s2)C[C@@]12CCNC(=O)CC2. The van der Waals surface area contributed by atoms with Crippen molar-refractivity contribution in [1.29, 1.82) is 0 Å². The molecule has 2 saturated heterocycles. The monoisotopic (exact) mass is 369 g/mol. The number of carbonyl (C=O) groups excluding carboxylic acids is 1. The highest BCUT2D eigenvalue weighted by Crippen LogP contribution is 2.33. The molecule has 1 aromatic carbocycles. The highest BCUT2D eigenvalue weighted by molar-refractivity contribution is 7.15. The minimum Gasteiger partial charge on any atom is -0.356 e. The summed E-state index contributed by atoms with van der Waals surface area (Å²) in [6.45, 7) is 5.03. The van der Waals surface area contributed by atoms with Crippen molar-refractivity contribution < 1.29 is 4.79 Å². The molecule has 1 atom stereocenters. The van der Waals surface area contributed by atoms with Crippen LogP contribution in [0.1, 0.15) is 24.1 Å². The number of rotatable bonds is 3. The fourth-order valence-corrected chi connectivity index (χ4v) is 5.31. The molecule has 5 heteroatoms. The minimum atomic E-state index is 0.136. The molecule has 1 amide bonds. The molecule has 0 radical (unpaired) electrons. The zero-order valence-corrected chi connectivity index (χ0v) is 16.2. The van der Waals surface area contributed by atoms with Gasteiger partial charge in [0, 0.05) is 54.4 Å². The van der Waals surface area contributed by atoms with Crippen LogP contribution in [0.5, 0.6) is 0 Å². The minimum absolute atomic E-state index is 0.136. The topological polar surface area (TPSA) is 35.6 Å². The second kappa shape index (κ2) is 7.51. The lowest BCUT2D eigenvalue weighted by molar-refractivity contribution is -0.121. The van der Waals surface area contributed by atoms with Gasteiger partial charge in [0.1, 0.15) is 0 Å². The standard InChI is InChI=1S/C21H27N3OS/c1-23-13-14-24(16-21(23)10-9-20(25)22-12-11-21)15-18-7-8-19(26-18)17-5-3-2-4-6-17/h2-8H,9-16H2,1H3,(H,22,25)/t21-/m1/s1. The largest absolute Gasteiger partial charge is 0.356 e. The molecule has 26 heavy (non-hydrogen) atoms. The van der Waals surface area contributed by atoms with Crippen LogP contribution in [0.15, 0.2) is 42.5 Å². The average Bonchev–Trinajstić information content (AvgIpc) is 3.04. The van der Waals surface area contributed by atoms with Crippen molar-refractivity contribution >= 4 is 17.2 Å². The third kappa shape index (κ3) is 3.70. The van der Waals surface area contributed by atoms with Crippen molar-refractivity contribution in [1.82, 2.24) is 15.1 Å². The summed E-state index contributed by atoms with van der Waals surface area (Å²) < 4.78 is 0. The van der Waals surface area contributed by atoms with Crippen molar-refractivity contribution in [3.8, 4) is 10.4 Å². The van der Waals surface area contributed by atoms with Gasteiger partial charge in [0.25, 0.3) is 0 Å². The lowest BCUT2D eigenvalue weighted by Crippen LogP contribution is -2.60. The van der Waals surface area contributed by atoms with Crippen molar-refractivity contribution in [2.24, 2.45) is 0 Å². The molecule has 2 aliphatic heterocycles. The Morgan fingerprint density at radius 1 is 1.12 bits per heavy atom. The zero-order valence-electron chi connectivity index (χ0n) is 15.4. The molecule has 3 heterocycles. The Morgan fingerprint density at radius 3 is 2.81 bits per heavy atom. The van der Waals surface area contributed by atoms with E-state index in [-0.39, 0.29) is 11.4 Å². The van der Waals surface area contributed by atoms with Gasteiger partial charge in [-0.1, -0.05) is 30.3 Å². The van der Waals surface area contributed by atoms with Gasteiger partial charge in [0.15, 0.2) is 0 Å². The van der Waals surface area contributed by atoms with E-state index in [2.05, 4.69) is 64.6 Å². The van der Waals surface area contributed by atoms with Gasteiger partial charge in [0.05, 0.1) is 0 Å². The summed E-state index contributed by atoms with van der Waals surface area (Å²) >= 11 is 1.90. The highest BCUT2D eigenvalue weighted by Gasteiger charge is 2.40. The second-order valence-electron chi connectivity index (χ2n) is 7.59. The predicted octanol–water partition coefficient (Wildman–Crippen LogP) is 3.20. The van der Waals surface area contributed by atoms with Crippen LogP contribution in [-0.2, 0) is 11.3 Å². The molecule has 0 saturated carbocycles. The molecule has 0 bridgehead atoms. The first kappa shape index (κ1) is 17.7. The third-order valence-corrected chi connectivity index (χ3v) is 7.03. The van der Waals surface area contributed by atoms with Crippen molar-refractivity contribution in [2.75, 3.05) is 33.2 Å². The van der Waals surface area contributed by atoms with Crippen LogP contribution in [0.2, 0.25) is 0 Å². The quantitative estimate of drug-likeness (QED) is 0.902. The molecule has 4 rings (SSSR count).